The number of carbonyl (C=O) groups is 3. The molecule has 0 unspecified atom stereocenters. The number of amides is 3. The van der Waals surface area contributed by atoms with Crippen LogP contribution in [0.2, 0.25) is 10.0 Å². The maximum Gasteiger partial charge on any atom is 0.329 e. The van der Waals surface area contributed by atoms with E-state index in [9.17, 15) is 14.4 Å². The Labute approximate surface area is 205 Å². The van der Waals surface area contributed by atoms with Gasteiger partial charge in [-0.1, -0.05) is 29.3 Å². The third-order valence-electron chi connectivity index (χ3n) is 4.68. The smallest absolute Gasteiger partial charge is 0.329 e. The number of ether oxygens (including phenoxy) is 1. The van der Waals surface area contributed by atoms with Crippen molar-refractivity contribution in [3.05, 3.63) is 93.5 Å². The minimum Gasteiger partial charge on any atom is -0.489 e. The van der Waals surface area contributed by atoms with E-state index < -0.39 is 17.7 Å². The molecule has 0 saturated heterocycles. The molecule has 4 N–H and O–H groups in total. The van der Waals surface area contributed by atoms with Gasteiger partial charge >= 0.3 is 11.8 Å². The van der Waals surface area contributed by atoms with Crippen LogP contribution in [0.25, 0.3) is 0 Å². The fourth-order valence-electron chi connectivity index (χ4n) is 2.77. The van der Waals surface area contributed by atoms with E-state index in [0.29, 0.717) is 38.3 Å². The second-order valence-corrected chi connectivity index (χ2v) is 7.86. The molecule has 0 bridgehead atoms. The first-order valence-corrected chi connectivity index (χ1v) is 10.7. The molecule has 0 atom stereocenters. The highest BCUT2D eigenvalue weighted by atomic mass is 35.5. The van der Waals surface area contributed by atoms with Crippen LogP contribution >= 0.6 is 23.2 Å². The third-order valence-corrected chi connectivity index (χ3v) is 5.38. The normalized spacial score (nSPS) is 11.0. The Kier molecular flexibility index (Phi) is 8.24. The summed E-state index contributed by atoms with van der Waals surface area (Å²) in [5.74, 6) is -1.86. The van der Waals surface area contributed by atoms with Gasteiger partial charge in [-0.15, -0.1) is 0 Å². The number of anilines is 1. The van der Waals surface area contributed by atoms with E-state index in [2.05, 4.69) is 15.8 Å². The topological polar surface area (TPSA) is 123 Å². The fourth-order valence-corrected chi connectivity index (χ4v) is 3.28. The lowest BCUT2D eigenvalue weighted by molar-refractivity contribution is -0.136. The lowest BCUT2D eigenvalue weighted by Crippen LogP contribution is -2.33. The number of hydrogen-bond donors (Lipinski definition) is 3. The van der Waals surface area contributed by atoms with Crippen molar-refractivity contribution in [2.45, 2.75) is 13.5 Å². The van der Waals surface area contributed by atoms with Gasteiger partial charge in [-0.3, -0.25) is 14.4 Å². The second-order valence-electron chi connectivity index (χ2n) is 7.05. The standard InChI is InChI=1S/C24H20Cl2N4O4/c1-14(29-30-24(33)23(32)28-17-9-5-16(6-10-17)22(27)31)15-7-11-18(12-8-15)34-13-19-20(25)3-2-4-21(19)26/h2-12H,13H2,1H3,(H2,27,31)(H,28,32)(H,30,33). The minimum absolute atomic E-state index is 0.210. The maximum atomic E-state index is 12.0. The van der Waals surface area contributed by atoms with E-state index in [0.717, 1.165) is 0 Å². The molecule has 0 aliphatic carbocycles. The van der Waals surface area contributed by atoms with Crippen molar-refractivity contribution in [1.29, 1.82) is 0 Å². The molecule has 8 nitrogen and oxygen atoms in total. The van der Waals surface area contributed by atoms with Crippen molar-refractivity contribution in [3.8, 4) is 5.75 Å². The molecule has 34 heavy (non-hydrogen) atoms. The van der Waals surface area contributed by atoms with E-state index in [1.165, 1.54) is 24.3 Å². The number of rotatable bonds is 7. The van der Waals surface area contributed by atoms with Crippen LogP contribution < -0.4 is 21.2 Å². The zero-order chi connectivity index (χ0) is 24.7. The Bertz CT molecular complexity index is 1220. The van der Waals surface area contributed by atoms with Gasteiger partial charge in [-0.25, -0.2) is 5.43 Å². The predicted octanol–water partition coefficient (Wildman–Crippen LogP) is 4.15. The Balaban J connectivity index is 1.54. The van der Waals surface area contributed by atoms with Crippen molar-refractivity contribution in [1.82, 2.24) is 5.43 Å². The van der Waals surface area contributed by atoms with E-state index >= 15 is 0 Å². The number of nitrogens with zero attached hydrogens (tertiary/aromatic N) is 1. The molecule has 0 fully saturated rings. The van der Waals surface area contributed by atoms with Gasteiger partial charge < -0.3 is 15.8 Å². The van der Waals surface area contributed by atoms with Crippen LogP contribution in [0.3, 0.4) is 0 Å². The summed E-state index contributed by atoms with van der Waals surface area (Å²) < 4.78 is 5.74. The number of nitrogens with one attached hydrogen (secondary N) is 2. The molecular formula is C24H20Cl2N4O4. The van der Waals surface area contributed by atoms with Crippen LogP contribution in [0.1, 0.15) is 28.4 Å². The first-order chi connectivity index (χ1) is 16.2. The van der Waals surface area contributed by atoms with Gasteiger partial charge in [0, 0.05) is 26.9 Å². The van der Waals surface area contributed by atoms with Crippen molar-refractivity contribution in [3.63, 3.8) is 0 Å². The van der Waals surface area contributed by atoms with E-state index in [1.54, 1.807) is 49.4 Å². The van der Waals surface area contributed by atoms with Crippen molar-refractivity contribution in [2.75, 3.05) is 5.32 Å². The number of halogens is 2. The highest BCUT2D eigenvalue weighted by Gasteiger charge is 2.14. The molecule has 3 rings (SSSR count). The Morgan fingerprint density at radius 2 is 1.47 bits per heavy atom. The van der Waals surface area contributed by atoms with Gasteiger partial charge in [0.2, 0.25) is 5.91 Å². The second kappa shape index (κ2) is 11.3. The monoisotopic (exact) mass is 498 g/mol. The summed E-state index contributed by atoms with van der Waals surface area (Å²) in [6.45, 7) is 1.89. The summed E-state index contributed by atoms with van der Waals surface area (Å²) in [6, 6.07) is 18.0. The van der Waals surface area contributed by atoms with Crippen LogP contribution in [0.15, 0.2) is 71.8 Å². The summed E-state index contributed by atoms with van der Waals surface area (Å²) in [5, 5.41) is 7.41. The molecule has 3 aromatic rings. The number of benzene rings is 3. The molecule has 0 aliphatic heterocycles. The number of primary amides is 1. The minimum atomic E-state index is -0.949. The molecule has 0 radical (unpaired) electrons. The molecule has 0 aromatic heterocycles. The van der Waals surface area contributed by atoms with Crippen LogP contribution in [0.5, 0.6) is 5.75 Å². The van der Waals surface area contributed by atoms with Crippen LogP contribution in [0, 0.1) is 0 Å². The summed E-state index contributed by atoms with van der Waals surface area (Å²) in [5.41, 5.74) is 9.87. The summed E-state index contributed by atoms with van der Waals surface area (Å²) >= 11 is 12.3. The average Bonchev–Trinajstić information content (AvgIpc) is 2.82. The average molecular weight is 499 g/mol. The molecule has 0 aliphatic rings. The summed E-state index contributed by atoms with van der Waals surface area (Å²) in [6.07, 6.45) is 0. The predicted molar refractivity (Wildman–Crippen MR) is 131 cm³/mol. The van der Waals surface area contributed by atoms with Crippen molar-refractivity contribution >= 4 is 52.3 Å². The van der Waals surface area contributed by atoms with E-state index in [-0.39, 0.29) is 12.2 Å². The fraction of sp³-hybridized carbons (Fsp3) is 0.0833. The number of nitrogens with two attached hydrogens (primary N) is 1. The first-order valence-electron chi connectivity index (χ1n) is 9.96. The Morgan fingerprint density at radius 1 is 0.882 bits per heavy atom. The quantitative estimate of drug-likeness (QED) is 0.257. The van der Waals surface area contributed by atoms with Gasteiger partial charge in [-0.2, -0.15) is 5.10 Å². The van der Waals surface area contributed by atoms with Crippen molar-refractivity contribution < 1.29 is 19.1 Å². The van der Waals surface area contributed by atoms with Crippen molar-refractivity contribution in [2.24, 2.45) is 10.8 Å². The zero-order valence-corrected chi connectivity index (χ0v) is 19.5. The zero-order valence-electron chi connectivity index (χ0n) is 18.0. The molecule has 0 spiro atoms. The first kappa shape index (κ1) is 24.8. The molecule has 0 saturated carbocycles. The molecule has 10 heteroatoms. The van der Waals surface area contributed by atoms with Gasteiger partial charge in [0.15, 0.2) is 0 Å². The highest BCUT2D eigenvalue weighted by Crippen LogP contribution is 2.26. The number of carbonyl (C=O) groups excluding carboxylic acids is 3. The van der Waals surface area contributed by atoms with Crippen LogP contribution in [-0.2, 0) is 16.2 Å². The number of hydrazone groups is 1. The molecule has 3 aromatic carbocycles. The van der Waals surface area contributed by atoms with Crippen LogP contribution in [0.4, 0.5) is 5.69 Å². The van der Waals surface area contributed by atoms with E-state index in [1.807, 2.05) is 0 Å². The van der Waals surface area contributed by atoms with Crippen LogP contribution in [-0.4, -0.2) is 23.4 Å². The molecule has 174 valence electrons. The summed E-state index contributed by atoms with van der Waals surface area (Å²) in [7, 11) is 0. The Morgan fingerprint density at radius 3 is 2.06 bits per heavy atom. The summed E-state index contributed by atoms with van der Waals surface area (Å²) in [4.78, 5) is 35.2. The maximum absolute atomic E-state index is 12.0. The van der Waals surface area contributed by atoms with Gasteiger partial charge in [0.25, 0.3) is 0 Å². The lowest BCUT2D eigenvalue weighted by Gasteiger charge is -2.10. The van der Waals surface area contributed by atoms with E-state index in [4.69, 9.17) is 33.7 Å². The number of hydrogen-bond acceptors (Lipinski definition) is 5. The third kappa shape index (κ3) is 6.57. The largest absolute Gasteiger partial charge is 0.489 e. The molecule has 0 heterocycles. The Hall–Kier alpha value is -3.88. The molecule has 3 amide bonds. The molecular weight excluding hydrogens is 479 g/mol. The van der Waals surface area contributed by atoms with Gasteiger partial charge in [0.1, 0.15) is 12.4 Å². The highest BCUT2D eigenvalue weighted by molar-refractivity contribution is 6.39. The SMILES string of the molecule is CC(=NNC(=O)C(=O)Nc1ccc(C(N)=O)cc1)c1ccc(OCc2c(Cl)cccc2Cl)cc1. The van der Waals surface area contributed by atoms with Gasteiger partial charge in [-0.05, 0) is 73.2 Å². The van der Waals surface area contributed by atoms with Gasteiger partial charge in [0.05, 0.1) is 5.71 Å². The lowest BCUT2D eigenvalue weighted by atomic mass is 10.1.